The number of thiophene rings is 1. The number of anilines is 1. The normalized spacial score (nSPS) is 10.5. The minimum absolute atomic E-state index is 0.0700. The number of aromatic nitrogens is 1. The average molecular weight is 375 g/mol. The van der Waals surface area contributed by atoms with Gasteiger partial charge in [0.2, 0.25) is 0 Å². The fourth-order valence-corrected chi connectivity index (χ4v) is 3.72. The number of amides is 1. The van der Waals surface area contributed by atoms with Crippen LogP contribution < -0.4 is 10.1 Å². The largest absolute Gasteiger partial charge is 0.497 e. The van der Waals surface area contributed by atoms with E-state index >= 15 is 0 Å². The molecular formula is C16H13N3O4S2. The lowest BCUT2D eigenvalue weighted by Crippen LogP contribution is -2.09. The lowest BCUT2D eigenvalue weighted by atomic mass is 10.1. The van der Waals surface area contributed by atoms with Crippen molar-refractivity contribution < 1.29 is 14.5 Å². The summed E-state index contributed by atoms with van der Waals surface area (Å²) in [6.45, 7) is 1.92. The Hall–Kier alpha value is -2.78. The zero-order valence-corrected chi connectivity index (χ0v) is 14.9. The van der Waals surface area contributed by atoms with Crippen LogP contribution in [0.2, 0.25) is 0 Å². The van der Waals surface area contributed by atoms with E-state index in [1.165, 1.54) is 23.5 Å². The number of carbonyl (C=O) groups excluding carboxylic acids is 1. The van der Waals surface area contributed by atoms with Gasteiger partial charge in [0.1, 0.15) is 5.75 Å². The smallest absolute Gasteiger partial charge is 0.324 e. The average Bonchev–Trinajstić information content (AvgIpc) is 3.22. The van der Waals surface area contributed by atoms with E-state index in [1.54, 1.807) is 7.11 Å². The summed E-state index contributed by atoms with van der Waals surface area (Å²) in [6.07, 6.45) is 0. The summed E-state index contributed by atoms with van der Waals surface area (Å²) in [5.41, 5.74) is 1.70. The zero-order valence-electron chi connectivity index (χ0n) is 13.3. The van der Waals surface area contributed by atoms with Crippen LogP contribution >= 0.6 is 22.7 Å². The Morgan fingerprint density at radius 1 is 1.20 bits per heavy atom. The Balaban J connectivity index is 1.79. The second-order valence-corrected chi connectivity index (χ2v) is 7.27. The molecule has 3 aromatic rings. The Morgan fingerprint density at radius 3 is 2.52 bits per heavy atom. The first-order valence-electron chi connectivity index (χ1n) is 7.15. The molecule has 0 saturated carbocycles. The number of aryl methyl sites for hydroxylation is 1. The molecule has 0 radical (unpaired) electrons. The molecule has 1 aromatic carbocycles. The third kappa shape index (κ3) is 3.67. The summed E-state index contributed by atoms with van der Waals surface area (Å²) in [5.74, 6) is 0.345. The van der Waals surface area contributed by atoms with Crippen LogP contribution in [0.1, 0.15) is 14.5 Å². The van der Waals surface area contributed by atoms with Crippen LogP contribution in [0.3, 0.4) is 0 Å². The maximum Gasteiger partial charge on any atom is 0.324 e. The minimum Gasteiger partial charge on any atom is -0.497 e. The Kier molecular flexibility index (Phi) is 4.77. The zero-order chi connectivity index (χ0) is 18.0. The molecule has 0 saturated heterocycles. The van der Waals surface area contributed by atoms with Crippen LogP contribution in [0.25, 0.3) is 11.3 Å². The summed E-state index contributed by atoms with van der Waals surface area (Å²) in [4.78, 5) is 28.1. The van der Waals surface area contributed by atoms with Gasteiger partial charge in [0.15, 0.2) is 5.13 Å². The molecule has 0 fully saturated rings. The van der Waals surface area contributed by atoms with Crippen LogP contribution in [0, 0.1) is 17.0 Å². The Labute approximate surface area is 151 Å². The van der Waals surface area contributed by atoms with Gasteiger partial charge >= 0.3 is 5.00 Å². The van der Waals surface area contributed by atoms with Gasteiger partial charge in [-0.25, -0.2) is 4.98 Å². The number of nitrogens with zero attached hydrogens (tertiary/aromatic N) is 2. The number of nitrogens with one attached hydrogen (secondary N) is 1. The molecular weight excluding hydrogens is 362 g/mol. The summed E-state index contributed by atoms with van der Waals surface area (Å²) in [5, 5.41) is 13.8. The first-order valence-corrected chi connectivity index (χ1v) is 8.78. The third-order valence-electron chi connectivity index (χ3n) is 3.38. The summed E-state index contributed by atoms with van der Waals surface area (Å²) < 4.78 is 5.14. The minimum atomic E-state index is -0.517. The maximum absolute atomic E-state index is 12.2. The van der Waals surface area contributed by atoms with Gasteiger partial charge in [0.25, 0.3) is 5.91 Å². The lowest BCUT2D eigenvalue weighted by Gasteiger charge is -2.01. The predicted octanol–water partition coefficient (Wildman–Crippen LogP) is 4.35. The number of thiazole rings is 1. The molecule has 3 rings (SSSR count). The number of methoxy groups -OCH3 is 1. The molecule has 0 unspecified atom stereocenters. The number of hydrogen-bond acceptors (Lipinski definition) is 7. The van der Waals surface area contributed by atoms with Crippen molar-refractivity contribution in [3.8, 4) is 17.0 Å². The van der Waals surface area contributed by atoms with E-state index in [1.807, 2.05) is 31.2 Å². The lowest BCUT2D eigenvalue weighted by molar-refractivity contribution is -0.380. The first-order chi connectivity index (χ1) is 12.0. The maximum atomic E-state index is 12.2. The van der Waals surface area contributed by atoms with Gasteiger partial charge in [-0.3, -0.25) is 20.2 Å². The topological polar surface area (TPSA) is 94.4 Å². The van der Waals surface area contributed by atoms with Crippen LogP contribution in [0.15, 0.2) is 36.4 Å². The highest BCUT2D eigenvalue weighted by atomic mass is 32.1. The number of carbonyl (C=O) groups is 1. The summed E-state index contributed by atoms with van der Waals surface area (Å²) >= 11 is 2.18. The van der Waals surface area contributed by atoms with Crippen molar-refractivity contribution in [3.63, 3.8) is 0 Å². The number of rotatable bonds is 5. The molecule has 9 heteroatoms. The van der Waals surface area contributed by atoms with Gasteiger partial charge in [-0.05, 0) is 37.3 Å². The molecule has 0 atom stereocenters. The van der Waals surface area contributed by atoms with E-state index in [2.05, 4.69) is 10.3 Å². The van der Waals surface area contributed by atoms with Crippen molar-refractivity contribution in [1.82, 2.24) is 4.98 Å². The van der Waals surface area contributed by atoms with Gasteiger partial charge in [-0.15, -0.1) is 11.3 Å². The quantitative estimate of drug-likeness (QED) is 0.528. The molecule has 128 valence electrons. The van der Waals surface area contributed by atoms with Crippen molar-refractivity contribution in [1.29, 1.82) is 0 Å². The Bertz CT molecular complexity index is 931. The molecule has 0 spiro atoms. The van der Waals surface area contributed by atoms with Crippen LogP contribution in [0.4, 0.5) is 10.1 Å². The van der Waals surface area contributed by atoms with E-state index in [4.69, 9.17) is 4.74 Å². The van der Waals surface area contributed by atoms with Gasteiger partial charge in [0, 0.05) is 16.5 Å². The highest BCUT2D eigenvalue weighted by molar-refractivity contribution is 7.18. The van der Waals surface area contributed by atoms with E-state index in [0.717, 1.165) is 33.2 Å². The number of ether oxygens (including phenoxy) is 1. The second kappa shape index (κ2) is 6.99. The summed E-state index contributed by atoms with van der Waals surface area (Å²) in [6, 6.07) is 10.2. The van der Waals surface area contributed by atoms with Crippen LogP contribution in [-0.2, 0) is 0 Å². The van der Waals surface area contributed by atoms with Gasteiger partial charge in [-0.1, -0.05) is 11.3 Å². The molecule has 7 nitrogen and oxygen atoms in total. The molecule has 1 amide bonds. The van der Waals surface area contributed by atoms with Gasteiger partial charge < -0.3 is 4.74 Å². The monoisotopic (exact) mass is 375 g/mol. The fourth-order valence-electron chi connectivity index (χ4n) is 2.17. The molecule has 2 heterocycles. The Morgan fingerprint density at radius 2 is 1.92 bits per heavy atom. The van der Waals surface area contributed by atoms with Crippen molar-refractivity contribution in [3.05, 3.63) is 56.3 Å². The van der Waals surface area contributed by atoms with Crippen molar-refractivity contribution in [2.24, 2.45) is 0 Å². The second-order valence-electron chi connectivity index (χ2n) is 5.00. The van der Waals surface area contributed by atoms with E-state index in [-0.39, 0.29) is 9.88 Å². The first kappa shape index (κ1) is 17.1. The highest BCUT2D eigenvalue weighted by Gasteiger charge is 2.17. The van der Waals surface area contributed by atoms with E-state index < -0.39 is 10.8 Å². The number of nitro groups is 1. The predicted molar refractivity (Wildman–Crippen MR) is 97.8 cm³/mol. The van der Waals surface area contributed by atoms with E-state index in [9.17, 15) is 14.9 Å². The van der Waals surface area contributed by atoms with Gasteiger partial charge in [0.05, 0.1) is 22.6 Å². The van der Waals surface area contributed by atoms with Gasteiger partial charge in [-0.2, -0.15) is 0 Å². The number of hydrogen-bond donors (Lipinski definition) is 1. The van der Waals surface area contributed by atoms with Crippen molar-refractivity contribution in [2.75, 3.05) is 12.4 Å². The summed E-state index contributed by atoms with van der Waals surface area (Å²) in [7, 11) is 1.60. The highest BCUT2D eigenvalue weighted by Crippen LogP contribution is 2.32. The molecule has 25 heavy (non-hydrogen) atoms. The number of benzene rings is 1. The molecule has 2 aromatic heterocycles. The molecule has 0 aliphatic rings. The molecule has 1 N–H and O–H groups in total. The fraction of sp³-hybridized carbons (Fsp3) is 0.125. The SMILES string of the molecule is COc1ccc(-c2nc(NC(=O)c3ccc([N+](=O)[O-])s3)sc2C)cc1. The third-order valence-corrected chi connectivity index (χ3v) is 5.30. The molecule has 0 bridgehead atoms. The van der Waals surface area contributed by atoms with Crippen molar-refractivity contribution in [2.45, 2.75) is 6.92 Å². The van der Waals surface area contributed by atoms with Crippen LogP contribution in [-0.4, -0.2) is 22.9 Å². The standard InChI is InChI=1S/C16H13N3O4S2/c1-9-14(10-3-5-11(23-2)6-4-10)17-16(24-9)18-15(20)12-7-8-13(25-12)19(21)22/h3-8H,1-2H3,(H,17,18,20). The molecule has 0 aliphatic carbocycles. The van der Waals surface area contributed by atoms with E-state index in [0.29, 0.717) is 5.13 Å². The van der Waals surface area contributed by atoms with Crippen molar-refractivity contribution >= 4 is 38.7 Å². The molecule has 0 aliphatic heterocycles. The van der Waals surface area contributed by atoms with Crippen LogP contribution in [0.5, 0.6) is 5.75 Å².